The number of benzene rings is 1. The van der Waals surface area contributed by atoms with E-state index in [4.69, 9.17) is 0 Å². The van der Waals surface area contributed by atoms with Gasteiger partial charge in [-0.15, -0.1) is 0 Å². The van der Waals surface area contributed by atoms with Crippen molar-refractivity contribution in [3.05, 3.63) is 35.4 Å². The average molecular weight is 290 g/mol. The van der Waals surface area contributed by atoms with Crippen molar-refractivity contribution >= 4 is 11.9 Å². The van der Waals surface area contributed by atoms with Gasteiger partial charge in [-0.1, -0.05) is 44.5 Å². The number of aliphatic carboxylic acids is 1. The fourth-order valence-corrected chi connectivity index (χ4v) is 2.66. The van der Waals surface area contributed by atoms with Gasteiger partial charge in [-0.2, -0.15) is 0 Å². The van der Waals surface area contributed by atoms with Gasteiger partial charge >= 0.3 is 5.97 Å². The number of carboxylic acids is 1. The van der Waals surface area contributed by atoms with E-state index in [1.165, 1.54) is 0 Å². The minimum Gasteiger partial charge on any atom is -0.480 e. The highest BCUT2D eigenvalue weighted by molar-refractivity contribution is 5.88. The van der Waals surface area contributed by atoms with Crippen LogP contribution < -0.4 is 10.6 Å². The first-order chi connectivity index (χ1) is 10.0. The van der Waals surface area contributed by atoms with E-state index in [1.807, 2.05) is 38.1 Å². The molecule has 0 spiro atoms. The SMILES string of the molecule is CCC(C)C(NC(=O)C1NCCc2ccccc21)C(=O)O. The van der Waals surface area contributed by atoms with Gasteiger partial charge in [-0.25, -0.2) is 4.79 Å². The first-order valence-electron chi connectivity index (χ1n) is 7.39. The number of hydrogen-bond acceptors (Lipinski definition) is 3. The lowest BCUT2D eigenvalue weighted by atomic mass is 9.93. The summed E-state index contributed by atoms with van der Waals surface area (Å²) in [5, 5.41) is 15.1. The van der Waals surface area contributed by atoms with Gasteiger partial charge < -0.3 is 15.7 Å². The number of carbonyl (C=O) groups is 2. The zero-order valence-corrected chi connectivity index (χ0v) is 12.4. The second-order valence-electron chi connectivity index (χ2n) is 5.55. The first kappa shape index (κ1) is 15.5. The molecule has 0 radical (unpaired) electrons. The molecule has 2 rings (SSSR count). The molecule has 1 amide bonds. The Bertz CT molecular complexity index is 530. The van der Waals surface area contributed by atoms with Crippen molar-refractivity contribution in [1.82, 2.24) is 10.6 Å². The van der Waals surface area contributed by atoms with E-state index in [0.717, 1.165) is 24.1 Å². The van der Waals surface area contributed by atoms with E-state index in [0.29, 0.717) is 6.42 Å². The molecule has 1 aromatic rings. The van der Waals surface area contributed by atoms with Gasteiger partial charge in [0.05, 0.1) is 0 Å². The summed E-state index contributed by atoms with van der Waals surface area (Å²) in [7, 11) is 0. The Morgan fingerprint density at radius 3 is 2.81 bits per heavy atom. The quantitative estimate of drug-likeness (QED) is 0.767. The van der Waals surface area contributed by atoms with Gasteiger partial charge in [0, 0.05) is 6.54 Å². The third-order valence-electron chi connectivity index (χ3n) is 4.15. The van der Waals surface area contributed by atoms with E-state index < -0.39 is 18.1 Å². The Kier molecular flexibility index (Phi) is 4.96. The van der Waals surface area contributed by atoms with Gasteiger partial charge in [-0.3, -0.25) is 4.79 Å². The van der Waals surface area contributed by atoms with E-state index in [1.54, 1.807) is 0 Å². The van der Waals surface area contributed by atoms with Crippen molar-refractivity contribution in [2.75, 3.05) is 6.54 Å². The molecular weight excluding hydrogens is 268 g/mol. The van der Waals surface area contributed by atoms with Crippen molar-refractivity contribution in [3.63, 3.8) is 0 Å². The maximum absolute atomic E-state index is 12.5. The van der Waals surface area contributed by atoms with Gasteiger partial charge in [-0.05, 0) is 23.5 Å². The maximum atomic E-state index is 12.5. The average Bonchev–Trinajstić information content (AvgIpc) is 2.50. The number of nitrogens with one attached hydrogen (secondary N) is 2. The maximum Gasteiger partial charge on any atom is 0.326 e. The van der Waals surface area contributed by atoms with E-state index in [-0.39, 0.29) is 11.8 Å². The Labute approximate surface area is 124 Å². The molecule has 1 aliphatic heterocycles. The van der Waals surface area contributed by atoms with Crippen LogP contribution in [-0.2, 0) is 16.0 Å². The van der Waals surface area contributed by atoms with Crippen LogP contribution in [0.15, 0.2) is 24.3 Å². The molecule has 1 aromatic carbocycles. The molecule has 114 valence electrons. The number of amides is 1. The molecular formula is C16H22N2O3. The van der Waals surface area contributed by atoms with Gasteiger partial charge in [0.1, 0.15) is 12.1 Å². The van der Waals surface area contributed by atoms with Crippen LogP contribution in [0.1, 0.15) is 37.4 Å². The van der Waals surface area contributed by atoms with Crippen molar-refractivity contribution in [2.24, 2.45) is 5.92 Å². The topological polar surface area (TPSA) is 78.4 Å². The Morgan fingerprint density at radius 1 is 1.43 bits per heavy atom. The molecule has 0 fully saturated rings. The van der Waals surface area contributed by atoms with Crippen LogP contribution in [0.2, 0.25) is 0 Å². The van der Waals surface area contributed by atoms with E-state index in [9.17, 15) is 14.7 Å². The van der Waals surface area contributed by atoms with Gasteiger partial charge in [0.2, 0.25) is 5.91 Å². The lowest BCUT2D eigenvalue weighted by Gasteiger charge is -2.28. The predicted octanol–water partition coefficient (Wildman–Crippen LogP) is 1.49. The molecule has 5 nitrogen and oxygen atoms in total. The van der Waals surface area contributed by atoms with Crippen LogP contribution in [0.25, 0.3) is 0 Å². The summed E-state index contributed by atoms with van der Waals surface area (Å²) in [4.78, 5) is 23.8. The summed E-state index contributed by atoms with van der Waals surface area (Å²) < 4.78 is 0. The number of fused-ring (bicyclic) bond motifs is 1. The highest BCUT2D eigenvalue weighted by Crippen LogP contribution is 2.23. The monoisotopic (exact) mass is 290 g/mol. The molecule has 0 saturated heterocycles. The molecule has 3 unspecified atom stereocenters. The normalized spacial score (nSPS) is 20.2. The lowest BCUT2D eigenvalue weighted by Crippen LogP contribution is -2.50. The number of carbonyl (C=O) groups excluding carboxylic acids is 1. The molecule has 3 N–H and O–H groups in total. The summed E-state index contributed by atoms with van der Waals surface area (Å²) in [5.74, 6) is -1.36. The smallest absolute Gasteiger partial charge is 0.326 e. The van der Waals surface area contributed by atoms with Crippen LogP contribution in [0.3, 0.4) is 0 Å². The highest BCUT2D eigenvalue weighted by atomic mass is 16.4. The largest absolute Gasteiger partial charge is 0.480 e. The van der Waals surface area contributed by atoms with Crippen molar-refractivity contribution < 1.29 is 14.7 Å². The van der Waals surface area contributed by atoms with Crippen LogP contribution in [-0.4, -0.2) is 29.6 Å². The fraction of sp³-hybridized carbons (Fsp3) is 0.500. The highest BCUT2D eigenvalue weighted by Gasteiger charge is 2.31. The van der Waals surface area contributed by atoms with Crippen LogP contribution in [0.4, 0.5) is 0 Å². The summed E-state index contributed by atoms with van der Waals surface area (Å²) in [5.41, 5.74) is 2.08. The molecule has 0 bridgehead atoms. The number of carboxylic acid groups (broad SMARTS) is 1. The third kappa shape index (κ3) is 3.42. The molecule has 5 heteroatoms. The van der Waals surface area contributed by atoms with E-state index in [2.05, 4.69) is 10.6 Å². The van der Waals surface area contributed by atoms with Crippen molar-refractivity contribution in [1.29, 1.82) is 0 Å². The van der Waals surface area contributed by atoms with Crippen LogP contribution in [0, 0.1) is 5.92 Å². The van der Waals surface area contributed by atoms with Gasteiger partial charge in [0.25, 0.3) is 0 Å². The number of rotatable bonds is 5. The second kappa shape index (κ2) is 6.72. The fourth-order valence-electron chi connectivity index (χ4n) is 2.66. The Morgan fingerprint density at radius 2 is 2.14 bits per heavy atom. The molecule has 3 atom stereocenters. The predicted molar refractivity (Wildman–Crippen MR) is 79.9 cm³/mol. The summed E-state index contributed by atoms with van der Waals surface area (Å²) in [6.45, 7) is 4.47. The molecule has 0 aromatic heterocycles. The molecule has 1 aliphatic rings. The summed E-state index contributed by atoms with van der Waals surface area (Å²) in [6.07, 6.45) is 1.58. The van der Waals surface area contributed by atoms with Crippen LogP contribution >= 0.6 is 0 Å². The van der Waals surface area contributed by atoms with Gasteiger partial charge in [0.15, 0.2) is 0 Å². The zero-order chi connectivity index (χ0) is 15.4. The molecule has 21 heavy (non-hydrogen) atoms. The summed E-state index contributed by atoms with van der Waals surface area (Å²) in [6, 6.07) is 6.47. The third-order valence-corrected chi connectivity index (χ3v) is 4.15. The van der Waals surface area contributed by atoms with E-state index >= 15 is 0 Å². The molecule has 1 heterocycles. The second-order valence-corrected chi connectivity index (χ2v) is 5.55. The summed E-state index contributed by atoms with van der Waals surface area (Å²) >= 11 is 0. The Hall–Kier alpha value is -1.88. The van der Waals surface area contributed by atoms with Crippen molar-refractivity contribution in [3.8, 4) is 0 Å². The zero-order valence-electron chi connectivity index (χ0n) is 12.4. The Balaban J connectivity index is 2.15. The lowest BCUT2D eigenvalue weighted by molar-refractivity contribution is -0.143. The minimum atomic E-state index is -0.984. The standard InChI is InChI=1S/C16H22N2O3/c1-3-10(2)13(16(20)21)18-15(19)14-12-7-5-4-6-11(12)8-9-17-14/h4-7,10,13-14,17H,3,8-9H2,1-2H3,(H,18,19)(H,20,21). The molecule has 0 aliphatic carbocycles. The van der Waals surface area contributed by atoms with Crippen LogP contribution in [0.5, 0.6) is 0 Å². The number of hydrogen-bond donors (Lipinski definition) is 3. The minimum absolute atomic E-state index is 0.106. The first-order valence-corrected chi connectivity index (χ1v) is 7.39. The van der Waals surface area contributed by atoms with Crippen molar-refractivity contribution in [2.45, 2.75) is 38.8 Å². The molecule has 0 saturated carbocycles.